The molecule has 0 amide bonds. The Kier molecular flexibility index (Phi) is 5.95. The van der Waals surface area contributed by atoms with Gasteiger partial charge in [-0.05, 0) is 37.1 Å². The van der Waals surface area contributed by atoms with E-state index in [-0.39, 0.29) is 0 Å². The summed E-state index contributed by atoms with van der Waals surface area (Å²) in [5, 5.41) is 1.89. The van der Waals surface area contributed by atoms with Gasteiger partial charge in [-0.3, -0.25) is 4.98 Å². The van der Waals surface area contributed by atoms with Gasteiger partial charge in [0.2, 0.25) is 0 Å². The maximum atomic E-state index is 6.16. The first-order chi connectivity index (χ1) is 15.2. The van der Waals surface area contributed by atoms with Crippen molar-refractivity contribution in [2.45, 2.75) is 45.4 Å². The van der Waals surface area contributed by atoms with Crippen molar-refractivity contribution in [1.29, 1.82) is 0 Å². The third-order valence-electron chi connectivity index (χ3n) is 6.71. The van der Waals surface area contributed by atoms with Gasteiger partial charge in [0.05, 0.1) is 5.52 Å². The van der Waals surface area contributed by atoms with Crippen molar-refractivity contribution in [2.24, 2.45) is 5.92 Å². The summed E-state index contributed by atoms with van der Waals surface area (Å²) in [6, 6.07) is 10.2. The van der Waals surface area contributed by atoms with E-state index < -0.39 is 0 Å². The van der Waals surface area contributed by atoms with Gasteiger partial charge in [0.25, 0.3) is 0 Å². The van der Waals surface area contributed by atoms with Gasteiger partial charge in [0.15, 0.2) is 0 Å². The molecule has 1 aromatic carbocycles. The number of anilines is 2. The Hall–Kier alpha value is -2.40. The summed E-state index contributed by atoms with van der Waals surface area (Å²) in [6.07, 6.45) is 9.68. The van der Waals surface area contributed by atoms with E-state index in [0.717, 1.165) is 71.8 Å². The minimum Gasteiger partial charge on any atom is -0.367 e. The molecule has 31 heavy (non-hydrogen) atoms. The zero-order valence-electron chi connectivity index (χ0n) is 18.2. The van der Waals surface area contributed by atoms with Gasteiger partial charge < -0.3 is 9.80 Å². The summed E-state index contributed by atoms with van der Waals surface area (Å²) in [6.45, 7) is 5.93. The molecule has 3 heterocycles. The Bertz CT molecular complexity index is 1050. The van der Waals surface area contributed by atoms with Crippen LogP contribution >= 0.6 is 11.6 Å². The highest BCUT2D eigenvalue weighted by Crippen LogP contribution is 2.29. The minimum atomic E-state index is 0.727. The summed E-state index contributed by atoms with van der Waals surface area (Å²) >= 11 is 6.16. The maximum absolute atomic E-state index is 6.16. The van der Waals surface area contributed by atoms with E-state index in [0.29, 0.717) is 0 Å². The van der Waals surface area contributed by atoms with Crippen LogP contribution in [0, 0.1) is 12.8 Å². The number of piperazine rings is 1. The second kappa shape index (κ2) is 8.99. The predicted molar refractivity (Wildman–Crippen MR) is 128 cm³/mol. The SMILES string of the molecule is Cc1cc(N2CCN(c3ccnc4cc(Cl)ccc34)CC2)nc(CC2CCCCC2)n1. The molecule has 1 aliphatic heterocycles. The number of aryl methyl sites for hydroxylation is 1. The summed E-state index contributed by atoms with van der Waals surface area (Å²) in [5.41, 5.74) is 3.26. The van der Waals surface area contributed by atoms with Crippen LogP contribution in [0.4, 0.5) is 11.5 Å². The molecule has 0 unspecified atom stereocenters. The van der Waals surface area contributed by atoms with Crippen LogP contribution in [0.2, 0.25) is 5.02 Å². The molecule has 0 radical (unpaired) electrons. The van der Waals surface area contributed by atoms with Gasteiger partial charge in [-0.25, -0.2) is 9.97 Å². The van der Waals surface area contributed by atoms with Crippen LogP contribution in [-0.4, -0.2) is 41.1 Å². The van der Waals surface area contributed by atoms with E-state index >= 15 is 0 Å². The first-order valence-corrected chi connectivity index (χ1v) is 11.9. The van der Waals surface area contributed by atoms with Gasteiger partial charge >= 0.3 is 0 Å². The van der Waals surface area contributed by atoms with Gasteiger partial charge in [-0.1, -0.05) is 43.7 Å². The largest absolute Gasteiger partial charge is 0.367 e. The van der Waals surface area contributed by atoms with Crippen LogP contribution in [0.25, 0.3) is 10.9 Å². The van der Waals surface area contributed by atoms with E-state index in [1.54, 1.807) is 0 Å². The van der Waals surface area contributed by atoms with Crippen LogP contribution in [0.5, 0.6) is 0 Å². The lowest BCUT2D eigenvalue weighted by molar-refractivity contribution is 0.351. The lowest BCUT2D eigenvalue weighted by atomic mass is 9.87. The molecule has 2 aromatic heterocycles. The lowest BCUT2D eigenvalue weighted by Crippen LogP contribution is -2.47. The van der Waals surface area contributed by atoms with Gasteiger partial charge in [0, 0.05) is 66.7 Å². The Morgan fingerprint density at radius 3 is 2.52 bits per heavy atom. The van der Waals surface area contributed by atoms with Crippen molar-refractivity contribution in [3.63, 3.8) is 0 Å². The zero-order chi connectivity index (χ0) is 21.2. The monoisotopic (exact) mass is 435 g/mol. The number of hydrogen-bond donors (Lipinski definition) is 0. The molecule has 6 heteroatoms. The highest BCUT2D eigenvalue weighted by molar-refractivity contribution is 6.31. The third-order valence-corrected chi connectivity index (χ3v) is 6.94. The molecule has 2 fully saturated rings. The molecule has 0 bridgehead atoms. The number of pyridine rings is 1. The Balaban J connectivity index is 1.29. The van der Waals surface area contributed by atoms with E-state index in [4.69, 9.17) is 21.6 Å². The lowest BCUT2D eigenvalue weighted by Gasteiger charge is -2.37. The van der Waals surface area contributed by atoms with Crippen LogP contribution < -0.4 is 9.80 Å². The Morgan fingerprint density at radius 1 is 0.935 bits per heavy atom. The average molecular weight is 436 g/mol. The van der Waals surface area contributed by atoms with Crippen molar-refractivity contribution in [3.05, 3.63) is 53.1 Å². The van der Waals surface area contributed by atoms with E-state index in [1.165, 1.54) is 37.8 Å². The highest BCUT2D eigenvalue weighted by Gasteiger charge is 2.22. The molecule has 0 spiro atoms. The molecule has 0 atom stereocenters. The topological polar surface area (TPSA) is 45.2 Å². The number of hydrogen-bond acceptors (Lipinski definition) is 5. The quantitative estimate of drug-likeness (QED) is 0.546. The normalized spacial score (nSPS) is 18.0. The molecular formula is C25H30ClN5. The van der Waals surface area contributed by atoms with E-state index in [1.807, 2.05) is 18.3 Å². The molecule has 5 nitrogen and oxygen atoms in total. The fourth-order valence-corrected chi connectivity index (χ4v) is 5.24. The molecule has 0 N–H and O–H groups in total. The van der Waals surface area contributed by atoms with Crippen LogP contribution in [0.1, 0.15) is 43.6 Å². The third kappa shape index (κ3) is 4.62. The van der Waals surface area contributed by atoms with Crippen LogP contribution in [0.15, 0.2) is 36.5 Å². The summed E-state index contributed by atoms with van der Waals surface area (Å²) in [5.74, 6) is 2.87. The first-order valence-electron chi connectivity index (χ1n) is 11.5. The second-order valence-corrected chi connectivity index (χ2v) is 9.39. The number of aromatic nitrogens is 3. The zero-order valence-corrected chi connectivity index (χ0v) is 19.0. The Labute approximate surface area is 189 Å². The molecule has 1 saturated heterocycles. The van der Waals surface area contributed by atoms with E-state index in [9.17, 15) is 0 Å². The average Bonchev–Trinajstić information content (AvgIpc) is 2.79. The van der Waals surface area contributed by atoms with Crippen LogP contribution in [0.3, 0.4) is 0 Å². The summed E-state index contributed by atoms with van der Waals surface area (Å²) < 4.78 is 0. The number of halogens is 1. The molecule has 162 valence electrons. The molecule has 1 aliphatic carbocycles. The van der Waals surface area contributed by atoms with Crippen LogP contribution in [-0.2, 0) is 6.42 Å². The van der Waals surface area contributed by atoms with E-state index in [2.05, 4.69) is 39.9 Å². The summed E-state index contributed by atoms with van der Waals surface area (Å²) in [7, 11) is 0. The van der Waals surface area contributed by atoms with Crippen molar-refractivity contribution >= 4 is 34.0 Å². The summed E-state index contributed by atoms with van der Waals surface area (Å²) in [4.78, 5) is 19.1. The molecule has 5 rings (SSSR count). The fraction of sp³-hybridized carbons (Fsp3) is 0.480. The fourth-order valence-electron chi connectivity index (χ4n) is 5.07. The number of nitrogens with zero attached hydrogens (tertiary/aromatic N) is 5. The predicted octanol–water partition coefficient (Wildman–Crippen LogP) is 5.44. The minimum absolute atomic E-state index is 0.727. The number of benzene rings is 1. The number of rotatable bonds is 4. The number of fused-ring (bicyclic) bond motifs is 1. The molecule has 3 aromatic rings. The van der Waals surface area contributed by atoms with Crippen molar-refractivity contribution in [2.75, 3.05) is 36.0 Å². The standard InChI is InChI=1S/C25H30ClN5/c1-18-15-25(29-24(28-18)16-19-5-3-2-4-6-19)31-13-11-30(12-14-31)23-9-10-27-22-17-20(26)7-8-21(22)23/h7-10,15,17,19H,2-6,11-14,16H2,1H3. The van der Waals surface area contributed by atoms with Gasteiger partial charge in [-0.2, -0.15) is 0 Å². The Morgan fingerprint density at radius 2 is 1.71 bits per heavy atom. The smallest absolute Gasteiger partial charge is 0.132 e. The second-order valence-electron chi connectivity index (χ2n) is 8.96. The molecular weight excluding hydrogens is 406 g/mol. The van der Waals surface area contributed by atoms with Gasteiger partial charge in [-0.15, -0.1) is 0 Å². The molecule has 2 aliphatic rings. The highest BCUT2D eigenvalue weighted by atomic mass is 35.5. The van der Waals surface area contributed by atoms with Gasteiger partial charge in [0.1, 0.15) is 11.6 Å². The van der Waals surface area contributed by atoms with Crippen molar-refractivity contribution < 1.29 is 0 Å². The van der Waals surface area contributed by atoms with Crippen molar-refractivity contribution in [1.82, 2.24) is 15.0 Å². The maximum Gasteiger partial charge on any atom is 0.132 e. The molecule has 1 saturated carbocycles. The first kappa shape index (κ1) is 20.5. The van der Waals surface area contributed by atoms with Crippen molar-refractivity contribution in [3.8, 4) is 0 Å².